The predicted octanol–water partition coefficient (Wildman–Crippen LogP) is 2.01. The van der Waals surface area contributed by atoms with Crippen molar-refractivity contribution in [3.05, 3.63) is 34.4 Å². The number of hydrogen-bond donors (Lipinski definition) is 0. The molecule has 1 aliphatic rings. The van der Waals surface area contributed by atoms with Gasteiger partial charge in [0.05, 0.1) is 4.92 Å². The molecule has 0 radical (unpaired) electrons. The Morgan fingerprint density at radius 2 is 1.95 bits per heavy atom. The molecule has 1 aromatic rings. The van der Waals surface area contributed by atoms with Crippen molar-refractivity contribution in [1.82, 2.24) is 4.31 Å². The van der Waals surface area contributed by atoms with Crippen LogP contribution in [0, 0.1) is 16.0 Å². The fourth-order valence-corrected chi connectivity index (χ4v) is 3.65. The van der Waals surface area contributed by atoms with Crippen LogP contribution in [0.4, 0.5) is 5.69 Å². The SMILES string of the molecule is CC(C1CC1)N(C)S(=O)(=O)c1ccccc1[N+](=O)[O-]. The lowest BCUT2D eigenvalue weighted by Gasteiger charge is -2.23. The van der Waals surface area contributed by atoms with Crippen LogP contribution in [0.15, 0.2) is 29.2 Å². The first kappa shape index (κ1) is 14.0. The minimum Gasteiger partial charge on any atom is -0.258 e. The van der Waals surface area contributed by atoms with Gasteiger partial charge in [-0.15, -0.1) is 0 Å². The number of benzene rings is 1. The van der Waals surface area contributed by atoms with E-state index >= 15 is 0 Å². The zero-order chi connectivity index (χ0) is 14.2. The molecule has 19 heavy (non-hydrogen) atoms. The highest BCUT2D eigenvalue weighted by Gasteiger charge is 2.38. The zero-order valence-electron chi connectivity index (χ0n) is 10.8. The molecule has 0 heterocycles. The Kier molecular flexibility index (Phi) is 3.60. The third-order valence-electron chi connectivity index (χ3n) is 3.60. The second kappa shape index (κ2) is 4.90. The molecule has 0 aromatic heterocycles. The van der Waals surface area contributed by atoms with Gasteiger partial charge in [-0.3, -0.25) is 10.1 Å². The topological polar surface area (TPSA) is 80.5 Å². The molecule has 6 nitrogen and oxygen atoms in total. The number of rotatable bonds is 5. The molecule has 104 valence electrons. The lowest BCUT2D eigenvalue weighted by molar-refractivity contribution is -0.387. The van der Waals surface area contributed by atoms with Crippen molar-refractivity contribution >= 4 is 15.7 Å². The van der Waals surface area contributed by atoms with Gasteiger partial charge in [0.25, 0.3) is 5.69 Å². The van der Waals surface area contributed by atoms with Crippen LogP contribution in [0.5, 0.6) is 0 Å². The van der Waals surface area contributed by atoms with Crippen molar-refractivity contribution in [3.63, 3.8) is 0 Å². The molecule has 1 atom stereocenters. The van der Waals surface area contributed by atoms with Gasteiger partial charge in [0.15, 0.2) is 4.90 Å². The van der Waals surface area contributed by atoms with Gasteiger partial charge in [-0.1, -0.05) is 12.1 Å². The summed E-state index contributed by atoms with van der Waals surface area (Å²) in [6.07, 6.45) is 2.02. The number of nitro groups is 1. The van der Waals surface area contributed by atoms with Crippen molar-refractivity contribution in [2.45, 2.75) is 30.7 Å². The minimum absolute atomic E-state index is 0.134. The maximum atomic E-state index is 12.5. The Bertz CT molecular complexity index is 596. The molecule has 1 aromatic carbocycles. The summed E-state index contributed by atoms with van der Waals surface area (Å²) in [5.74, 6) is 0.363. The van der Waals surface area contributed by atoms with E-state index in [0.29, 0.717) is 5.92 Å². The fraction of sp³-hybridized carbons (Fsp3) is 0.500. The summed E-state index contributed by atoms with van der Waals surface area (Å²) >= 11 is 0. The van der Waals surface area contributed by atoms with E-state index in [9.17, 15) is 18.5 Å². The number of hydrogen-bond acceptors (Lipinski definition) is 4. The van der Waals surface area contributed by atoms with Crippen molar-refractivity contribution in [3.8, 4) is 0 Å². The van der Waals surface area contributed by atoms with Gasteiger partial charge in [-0.2, -0.15) is 4.31 Å². The zero-order valence-corrected chi connectivity index (χ0v) is 11.6. The van der Waals surface area contributed by atoms with E-state index in [2.05, 4.69) is 0 Å². The first-order chi connectivity index (χ1) is 8.85. The second-order valence-corrected chi connectivity index (χ2v) is 6.79. The Balaban J connectivity index is 2.41. The van der Waals surface area contributed by atoms with E-state index in [4.69, 9.17) is 0 Å². The number of nitro benzene ring substituents is 1. The molecular formula is C12H16N2O4S. The Morgan fingerprint density at radius 3 is 2.47 bits per heavy atom. The number of sulfonamides is 1. The van der Waals surface area contributed by atoms with E-state index in [1.165, 1.54) is 35.6 Å². The predicted molar refractivity (Wildman–Crippen MR) is 70.2 cm³/mol. The summed E-state index contributed by atoms with van der Waals surface area (Å²) in [6, 6.07) is 5.31. The highest BCUT2D eigenvalue weighted by molar-refractivity contribution is 7.89. The monoisotopic (exact) mass is 284 g/mol. The van der Waals surface area contributed by atoms with Crippen LogP contribution in [-0.4, -0.2) is 30.7 Å². The number of para-hydroxylation sites is 1. The molecule has 0 saturated heterocycles. The molecule has 0 aliphatic heterocycles. The summed E-state index contributed by atoms with van der Waals surface area (Å²) in [6.45, 7) is 1.84. The Hall–Kier alpha value is -1.47. The van der Waals surface area contributed by atoms with Crippen molar-refractivity contribution < 1.29 is 13.3 Å². The maximum absolute atomic E-state index is 12.5. The van der Waals surface area contributed by atoms with Crippen LogP contribution in [0.2, 0.25) is 0 Å². The third-order valence-corrected chi connectivity index (χ3v) is 5.59. The first-order valence-corrected chi connectivity index (χ1v) is 7.51. The average Bonchev–Trinajstić information content (AvgIpc) is 3.21. The van der Waals surface area contributed by atoms with E-state index < -0.39 is 14.9 Å². The second-order valence-electron chi connectivity index (χ2n) is 4.82. The summed E-state index contributed by atoms with van der Waals surface area (Å²) < 4.78 is 26.1. The summed E-state index contributed by atoms with van der Waals surface area (Å²) in [7, 11) is -2.35. The van der Waals surface area contributed by atoms with E-state index in [0.717, 1.165) is 12.8 Å². The molecule has 1 fully saturated rings. The summed E-state index contributed by atoms with van der Waals surface area (Å²) in [5.41, 5.74) is -0.377. The highest BCUT2D eigenvalue weighted by atomic mass is 32.2. The van der Waals surface area contributed by atoms with Crippen LogP contribution in [0.1, 0.15) is 19.8 Å². The molecule has 0 N–H and O–H groups in total. The van der Waals surface area contributed by atoms with Crippen molar-refractivity contribution in [2.24, 2.45) is 5.92 Å². The molecule has 1 saturated carbocycles. The molecule has 1 aliphatic carbocycles. The minimum atomic E-state index is -3.83. The fourth-order valence-electron chi connectivity index (χ4n) is 2.08. The molecular weight excluding hydrogens is 268 g/mol. The number of nitrogens with zero attached hydrogens (tertiary/aromatic N) is 2. The van der Waals surface area contributed by atoms with Crippen LogP contribution in [-0.2, 0) is 10.0 Å². The van der Waals surface area contributed by atoms with Crippen LogP contribution >= 0.6 is 0 Å². The molecule has 2 rings (SSSR count). The van der Waals surface area contributed by atoms with Crippen LogP contribution < -0.4 is 0 Å². The van der Waals surface area contributed by atoms with Gasteiger partial charge < -0.3 is 0 Å². The largest absolute Gasteiger partial charge is 0.289 e. The van der Waals surface area contributed by atoms with Gasteiger partial charge >= 0.3 is 0 Å². The molecule has 0 amide bonds. The molecule has 1 unspecified atom stereocenters. The standard InChI is InChI=1S/C12H16N2O4S/c1-9(10-7-8-10)13(2)19(17,18)12-6-4-3-5-11(12)14(15)16/h3-6,9-10H,7-8H2,1-2H3. The van der Waals surface area contributed by atoms with E-state index in [-0.39, 0.29) is 16.6 Å². The first-order valence-electron chi connectivity index (χ1n) is 6.07. The van der Waals surface area contributed by atoms with Gasteiger partial charge in [-0.05, 0) is 31.7 Å². The van der Waals surface area contributed by atoms with E-state index in [1.807, 2.05) is 6.92 Å². The summed E-state index contributed by atoms with van der Waals surface area (Å²) in [4.78, 5) is 10.0. The van der Waals surface area contributed by atoms with Crippen LogP contribution in [0.25, 0.3) is 0 Å². The molecule has 7 heteroatoms. The average molecular weight is 284 g/mol. The summed E-state index contributed by atoms with van der Waals surface area (Å²) in [5, 5.41) is 10.9. The lowest BCUT2D eigenvalue weighted by Crippen LogP contribution is -2.36. The quantitative estimate of drug-likeness (QED) is 0.612. The van der Waals surface area contributed by atoms with Gasteiger partial charge in [0.2, 0.25) is 10.0 Å². The molecule has 0 spiro atoms. The normalized spacial score (nSPS) is 17.4. The van der Waals surface area contributed by atoms with Crippen molar-refractivity contribution in [2.75, 3.05) is 7.05 Å². The Labute approximate surface area is 112 Å². The van der Waals surface area contributed by atoms with Crippen molar-refractivity contribution in [1.29, 1.82) is 0 Å². The van der Waals surface area contributed by atoms with Gasteiger partial charge in [-0.25, -0.2) is 8.42 Å². The smallest absolute Gasteiger partial charge is 0.258 e. The third kappa shape index (κ3) is 2.62. The maximum Gasteiger partial charge on any atom is 0.289 e. The van der Waals surface area contributed by atoms with Crippen LogP contribution in [0.3, 0.4) is 0 Å². The highest BCUT2D eigenvalue weighted by Crippen LogP contribution is 2.37. The van der Waals surface area contributed by atoms with E-state index in [1.54, 1.807) is 0 Å². The van der Waals surface area contributed by atoms with Gasteiger partial charge in [0, 0.05) is 19.2 Å². The molecule has 0 bridgehead atoms. The lowest BCUT2D eigenvalue weighted by atomic mass is 10.2. The van der Waals surface area contributed by atoms with Gasteiger partial charge in [0.1, 0.15) is 0 Å². The Morgan fingerprint density at radius 1 is 1.37 bits per heavy atom.